The second-order valence-corrected chi connectivity index (χ2v) is 3.48. The molecule has 2 rings (SSSR count). The first-order chi connectivity index (χ1) is 7.29. The van der Waals surface area contributed by atoms with Crippen LogP contribution in [0, 0.1) is 16.1 Å². The molecule has 0 atom stereocenters. The third-order valence-electron chi connectivity index (χ3n) is 2.05. The normalized spacial score (nSPS) is 9.80. The van der Waals surface area contributed by atoms with Crippen LogP contribution in [0.25, 0.3) is 0 Å². The summed E-state index contributed by atoms with van der Waals surface area (Å²) in [5.41, 5.74) is 1.75. The number of aromatic nitrogens is 3. The first kappa shape index (κ1) is 9.62. The molecule has 0 amide bonds. The predicted octanol–water partition coefficient (Wildman–Crippen LogP) is 1.86. The molecular weight excluding hydrogens is 208 g/mol. The summed E-state index contributed by atoms with van der Waals surface area (Å²) in [7, 11) is 0. The fourth-order valence-electron chi connectivity index (χ4n) is 1.26. The van der Waals surface area contributed by atoms with Crippen molar-refractivity contribution in [3.63, 3.8) is 0 Å². The van der Waals surface area contributed by atoms with Crippen molar-refractivity contribution in [3.8, 4) is 6.07 Å². The van der Waals surface area contributed by atoms with Crippen LogP contribution in [0.3, 0.4) is 0 Å². The van der Waals surface area contributed by atoms with E-state index in [2.05, 4.69) is 16.3 Å². The number of nitrogens with zero attached hydrogens (tertiary/aromatic N) is 3. The van der Waals surface area contributed by atoms with Crippen LogP contribution in [-0.4, -0.2) is 14.8 Å². The predicted molar refractivity (Wildman–Crippen MR) is 57.7 cm³/mol. The highest BCUT2D eigenvalue weighted by Crippen LogP contribution is 2.05. The Morgan fingerprint density at radius 1 is 1.40 bits per heavy atom. The van der Waals surface area contributed by atoms with Crippen LogP contribution >= 0.6 is 12.2 Å². The number of hydrogen-bond acceptors (Lipinski definition) is 3. The Morgan fingerprint density at radius 3 is 2.67 bits per heavy atom. The van der Waals surface area contributed by atoms with Gasteiger partial charge in [0, 0.05) is 0 Å². The Balaban J connectivity index is 2.23. The minimum Gasteiger partial charge on any atom is -0.302 e. The average molecular weight is 216 g/mol. The van der Waals surface area contributed by atoms with E-state index in [1.54, 1.807) is 18.5 Å². The number of H-pyrrole nitrogens is 1. The van der Waals surface area contributed by atoms with E-state index >= 15 is 0 Å². The van der Waals surface area contributed by atoms with Crippen molar-refractivity contribution < 1.29 is 0 Å². The van der Waals surface area contributed by atoms with Gasteiger partial charge in [0.15, 0.2) is 4.77 Å². The molecule has 5 heteroatoms. The van der Waals surface area contributed by atoms with Gasteiger partial charge in [0.05, 0.1) is 18.2 Å². The van der Waals surface area contributed by atoms with Crippen LogP contribution in [0.4, 0.5) is 0 Å². The van der Waals surface area contributed by atoms with Crippen LogP contribution in [-0.2, 0) is 6.54 Å². The summed E-state index contributed by atoms with van der Waals surface area (Å²) in [5.74, 6) is 0. The molecule has 0 radical (unpaired) electrons. The maximum atomic E-state index is 8.64. The molecule has 1 heterocycles. The number of rotatable bonds is 2. The average Bonchev–Trinajstić information content (AvgIpc) is 2.66. The largest absolute Gasteiger partial charge is 0.302 e. The summed E-state index contributed by atoms with van der Waals surface area (Å²) in [6, 6.07) is 9.48. The molecule has 1 aromatic carbocycles. The molecule has 0 aliphatic rings. The number of nitriles is 1. The van der Waals surface area contributed by atoms with E-state index in [-0.39, 0.29) is 0 Å². The third kappa shape index (κ3) is 2.11. The lowest BCUT2D eigenvalue weighted by Gasteiger charge is -2.01. The molecule has 15 heavy (non-hydrogen) atoms. The highest BCUT2D eigenvalue weighted by atomic mass is 32.1. The highest BCUT2D eigenvalue weighted by molar-refractivity contribution is 7.71. The molecule has 0 spiro atoms. The summed E-state index contributed by atoms with van der Waals surface area (Å²) in [6.45, 7) is 0.668. The molecule has 0 unspecified atom stereocenters. The molecular formula is C10H8N4S. The van der Waals surface area contributed by atoms with E-state index in [1.807, 2.05) is 16.7 Å². The van der Waals surface area contributed by atoms with E-state index < -0.39 is 0 Å². The number of benzene rings is 1. The van der Waals surface area contributed by atoms with Gasteiger partial charge in [-0.05, 0) is 29.9 Å². The van der Waals surface area contributed by atoms with Gasteiger partial charge in [0.1, 0.15) is 6.33 Å². The van der Waals surface area contributed by atoms with Crippen LogP contribution in [0.5, 0.6) is 0 Å². The van der Waals surface area contributed by atoms with Gasteiger partial charge in [0.2, 0.25) is 0 Å². The zero-order chi connectivity index (χ0) is 10.7. The quantitative estimate of drug-likeness (QED) is 0.779. The van der Waals surface area contributed by atoms with E-state index in [0.29, 0.717) is 16.9 Å². The first-order valence-corrected chi connectivity index (χ1v) is 4.79. The van der Waals surface area contributed by atoms with Crippen molar-refractivity contribution in [1.82, 2.24) is 14.8 Å². The molecule has 0 aliphatic carbocycles. The van der Waals surface area contributed by atoms with Gasteiger partial charge in [-0.3, -0.25) is 5.10 Å². The minimum absolute atomic E-state index is 0.597. The van der Waals surface area contributed by atoms with Gasteiger partial charge >= 0.3 is 0 Å². The Labute approximate surface area is 91.8 Å². The molecule has 0 fully saturated rings. The Morgan fingerprint density at radius 2 is 2.13 bits per heavy atom. The lowest BCUT2D eigenvalue weighted by Crippen LogP contribution is -1.97. The second kappa shape index (κ2) is 4.07. The van der Waals surface area contributed by atoms with Crippen LogP contribution in [0.15, 0.2) is 30.6 Å². The number of nitrogens with one attached hydrogen (secondary N) is 1. The molecule has 2 aromatic rings. The topological polar surface area (TPSA) is 57.4 Å². The molecule has 0 bridgehead atoms. The van der Waals surface area contributed by atoms with E-state index in [4.69, 9.17) is 17.5 Å². The molecule has 4 nitrogen and oxygen atoms in total. The highest BCUT2D eigenvalue weighted by Gasteiger charge is 1.97. The zero-order valence-corrected chi connectivity index (χ0v) is 8.66. The maximum absolute atomic E-state index is 8.64. The number of aromatic amines is 1. The van der Waals surface area contributed by atoms with Crippen molar-refractivity contribution >= 4 is 12.2 Å². The molecule has 74 valence electrons. The maximum Gasteiger partial charge on any atom is 0.195 e. The van der Waals surface area contributed by atoms with E-state index in [1.165, 1.54) is 0 Å². The van der Waals surface area contributed by atoms with E-state index in [0.717, 1.165) is 5.56 Å². The lowest BCUT2D eigenvalue weighted by molar-refractivity contribution is 0.782. The van der Waals surface area contributed by atoms with Crippen molar-refractivity contribution in [1.29, 1.82) is 5.26 Å². The van der Waals surface area contributed by atoms with Crippen molar-refractivity contribution in [2.45, 2.75) is 6.54 Å². The Hall–Kier alpha value is -1.93. The second-order valence-electron chi connectivity index (χ2n) is 3.10. The third-order valence-corrected chi connectivity index (χ3v) is 2.38. The van der Waals surface area contributed by atoms with Gasteiger partial charge in [-0.15, -0.1) is 0 Å². The SMILES string of the molecule is N#Cc1ccc(Cn2cn[nH]c2=S)cc1. The van der Waals surface area contributed by atoms with E-state index in [9.17, 15) is 0 Å². The summed E-state index contributed by atoms with van der Waals surface area (Å²) < 4.78 is 2.43. The first-order valence-electron chi connectivity index (χ1n) is 4.38. The van der Waals surface area contributed by atoms with Crippen LogP contribution in [0.2, 0.25) is 0 Å². The summed E-state index contributed by atoms with van der Waals surface area (Å²) in [4.78, 5) is 0. The van der Waals surface area contributed by atoms with Crippen molar-refractivity contribution in [2.75, 3.05) is 0 Å². The lowest BCUT2D eigenvalue weighted by atomic mass is 10.1. The van der Waals surface area contributed by atoms with Crippen molar-refractivity contribution in [3.05, 3.63) is 46.5 Å². The monoisotopic (exact) mass is 216 g/mol. The van der Waals surface area contributed by atoms with Crippen molar-refractivity contribution in [2.24, 2.45) is 0 Å². The summed E-state index contributed by atoms with van der Waals surface area (Å²) >= 11 is 5.03. The van der Waals surface area contributed by atoms with Gasteiger partial charge in [-0.25, -0.2) is 0 Å². The summed E-state index contributed by atoms with van der Waals surface area (Å²) in [6.07, 6.45) is 1.65. The van der Waals surface area contributed by atoms with Gasteiger partial charge < -0.3 is 4.57 Å². The Bertz CT molecular complexity index is 544. The minimum atomic E-state index is 0.597. The van der Waals surface area contributed by atoms with Gasteiger partial charge in [-0.1, -0.05) is 12.1 Å². The van der Waals surface area contributed by atoms with Crippen LogP contribution < -0.4 is 0 Å². The Kier molecular flexibility index (Phi) is 2.61. The molecule has 0 saturated heterocycles. The van der Waals surface area contributed by atoms with Crippen LogP contribution in [0.1, 0.15) is 11.1 Å². The standard InChI is InChI=1S/C10H8N4S/c11-5-8-1-3-9(4-2-8)6-14-7-12-13-10(14)15/h1-4,7H,6H2,(H,13,15). The molecule has 1 N–H and O–H groups in total. The van der Waals surface area contributed by atoms with Gasteiger partial charge in [0.25, 0.3) is 0 Å². The molecule has 0 saturated carbocycles. The molecule has 1 aromatic heterocycles. The fourth-order valence-corrected chi connectivity index (χ4v) is 1.43. The smallest absolute Gasteiger partial charge is 0.195 e. The fraction of sp³-hybridized carbons (Fsp3) is 0.100. The molecule has 0 aliphatic heterocycles. The summed E-state index contributed by atoms with van der Waals surface area (Å²) in [5, 5.41) is 15.2. The van der Waals surface area contributed by atoms with Gasteiger partial charge in [-0.2, -0.15) is 10.4 Å². The zero-order valence-electron chi connectivity index (χ0n) is 7.84. The number of hydrogen-bond donors (Lipinski definition) is 1.